The van der Waals surface area contributed by atoms with Crippen LogP contribution in [-0.2, 0) is 11.2 Å². The average Bonchev–Trinajstić information content (AvgIpc) is 3.13. The molecule has 0 aliphatic carbocycles. The van der Waals surface area contributed by atoms with Gasteiger partial charge in [-0.05, 0) is 49.9 Å². The van der Waals surface area contributed by atoms with E-state index in [1.165, 1.54) is 12.8 Å². The van der Waals surface area contributed by atoms with E-state index < -0.39 is 0 Å². The lowest BCUT2D eigenvalue weighted by molar-refractivity contribution is -0.138. The zero-order valence-corrected chi connectivity index (χ0v) is 16.5. The summed E-state index contributed by atoms with van der Waals surface area (Å²) in [6.07, 6.45) is 8.58. The van der Waals surface area contributed by atoms with Gasteiger partial charge in [-0.1, -0.05) is 0 Å². The molecule has 0 atom stereocenters. The normalized spacial score (nSPS) is 19.4. The molecule has 0 aromatic carbocycles. The fraction of sp³-hybridized carbons (Fsp3) is 0.526. The first-order chi connectivity index (χ1) is 12.2. The number of piperidine rings is 2. The molecule has 0 bridgehead atoms. The van der Waals surface area contributed by atoms with E-state index in [-0.39, 0.29) is 12.4 Å². The van der Waals surface area contributed by atoms with E-state index in [2.05, 4.69) is 20.6 Å². The number of carbonyl (C=O) groups is 1. The Bertz CT molecular complexity index is 730. The number of pyridine rings is 1. The lowest BCUT2D eigenvalue weighted by Crippen LogP contribution is -2.51. The van der Waals surface area contributed by atoms with E-state index in [9.17, 15) is 4.79 Å². The van der Waals surface area contributed by atoms with Gasteiger partial charge >= 0.3 is 0 Å². The van der Waals surface area contributed by atoms with E-state index in [0.29, 0.717) is 17.7 Å². The third kappa shape index (κ3) is 4.24. The van der Waals surface area contributed by atoms with Crippen molar-refractivity contribution in [3.05, 3.63) is 35.6 Å². The van der Waals surface area contributed by atoms with E-state index in [4.69, 9.17) is 4.98 Å². The number of likely N-dealkylation sites (tertiary alicyclic amines) is 1. The first kappa shape index (κ1) is 19.3. The van der Waals surface area contributed by atoms with Gasteiger partial charge in [-0.3, -0.25) is 9.78 Å². The average molecular weight is 393 g/mol. The summed E-state index contributed by atoms with van der Waals surface area (Å²) < 4.78 is 0. The maximum atomic E-state index is 12.4. The van der Waals surface area contributed by atoms with Crippen LogP contribution in [0.2, 0.25) is 0 Å². The Morgan fingerprint density at radius 2 is 1.96 bits per heavy atom. The third-order valence-electron chi connectivity index (χ3n) is 5.53. The molecule has 1 N–H and O–H groups in total. The zero-order valence-electron chi connectivity index (χ0n) is 14.8. The van der Waals surface area contributed by atoms with Gasteiger partial charge in [-0.2, -0.15) is 0 Å². The molecule has 2 aromatic rings. The van der Waals surface area contributed by atoms with Gasteiger partial charge < -0.3 is 10.2 Å². The van der Waals surface area contributed by atoms with Gasteiger partial charge in [0.1, 0.15) is 5.01 Å². The van der Waals surface area contributed by atoms with Gasteiger partial charge in [0.05, 0.1) is 5.69 Å². The Morgan fingerprint density at radius 3 is 2.73 bits per heavy atom. The van der Waals surface area contributed by atoms with Gasteiger partial charge in [-0.25, -0.2) is 4.98 Å². The molecule has 26 heavy (non-hydrogen) atoms. The largest absolute Gasteiger partial charge is 0.342 e. The molecule has 0 saturated carbocycles. The van der Waals surface area contributed by atoms with Crippen LogP contribution in [0.1, 0.15) is 31.4 Å². The molecule has 7 heteroatoms. The van der Waals surface area contributed by atoms with Crippen molar-refractivity contribution in [2.45, 2.75) is 32.1 Å². The van der Waals surface area contributed by atoms with Gasteiger partial charge in [0.25, 0.3) is 0 Å². The number of hydrogen-bond acceptors (Lipinski definition) is 5. The number of rotatable bonds is 4. The highest BCUT2D eigenvalue weighted by Gasteiger charge is 2.39. The molecule has 5 nitrogen and oxygen atoms in total. The number of nitrogens with zero attached hydrogens (tertiary/aromatic N) is 3. The molecule has 0 unspecified atom stereocenters. The minimum absolute atomic E-state index is 0. The number of carbonyl (C=O) groups excluding carboxylic acids is 1. The van der Waals surface area contributed by atoms with Gasteiger partial charge in [0.15, 0.2) is 0 Å². The maximum absolute atomic E-state index is 12.4. The summed E-state index contributed by atoms with van der Waals surface area (Å²) in [7, 11) is 0. The molecule has 2 aromatic heterocycles. The fourth-order valence-electron chi connectivity index (χ4n) is 3.97. The molecule has 4 heterocycles. The summed E-state index contributed by atoms with van der Waals surface area (Å²) in [6.45, 7) is 3.88. The Balaban J connectivity index is 0.00000196. The summed E-state index contributed by atoms with van der Waals surface area (Å²) >= 11 is 1.66. The van der Waals surface area contributed by atoms with Crippen LogP contribution in [0.4, 0.5) is 0 Å². The van der Waals surface area contributed by atoms with Crippen molar-refractivity contribution in [3.8, 4) is 10.6 Å². The Kier molecular flexibility index (Phi) is 6.27. The van der Waals surface area contributed by atoms with Crippen LogP contribution in [0.15, 0.2) is 29.9 Å². The third-order valence-corrected chi connectivity index (χ3v) is 6.47. The maximum Gasteiger partial charge on any atom is 0.222 e. The highest BCUT2D eigenvalue weighted by molar-refractivity contribution is 7.13. The summed E-state index contributed by atoms with van der Waals surface area (Å²) in [5.41, 5.74) is 2.53. The fourth-order valence-corrected chi connectivity index (χ4v) is 4.83. The molecule has 2 fully saturated rings. The number of hydrogen-bond donors (Lipinski definition) is 1. The van der Waals surface area contributed by atoms with Crippen LogP contribution in [0, 0.1) is 5.41 Å². The molecule has 0 radical (unpaired) electrons. The standard InChI is InChI=1S/C19H24N4OS.ClH/c24-17-1-5-19(6-10-21-11-7-19)14-23(17)12-4-16-13-25-18(22-16)15-2-8-20-9-3-15;/h2-3,8-9,13,21H,1,4-7,10-12,14H2;1H. The van der Waals surface area contributed by atoms with Crippen LogP contribution in [0.25, 0.3) is 10.6 Å². The first-order valence-electron chi connectivity index (χ1n) is 9.07. The molecule has 1 amide bonds. The molecule has 140 valence electrons. The van der Waals surface area contributed by atoms with E-state index in [1.54, 1.807) is 23.7 Å². The van der Waals surface area contributed by atoms with Crippen LogP contribution in [0.5, 0.6) is 0 Å². The van der Waals surface area contributed by atoms with Crippen LogP contribution >= 0.6 is 23.7 Å². The van der Waals surface area contributed by atoms with Crippen molar-refractivity contribution >= 4 is 29.7 Å². The SMILES string of the molecule is Cl.O=C1CCC2(CCNCC2)CN1CCc1csc(-c2ccncc2)n1. The quantitative estimate of drug-likeness (QED) is 0.868. The number of aromatic nitrogens is 2. The Labute approximate surface area is 164 Å². The van der Waals surface area contributed by atoms with Crippen LogP contribution in [0.3, 0.4) is 0 Å². The zero-order chi connectivity index (χ0) is 17.1. The highest BCUT2D eigenvalue weighted by Crippen LogP contribution is 2.38. The van der Waals surface area contributed by atoms with Gasteiger partial charge in [0.2, 0.25) is 5.91 Å². The Morgan fingerprint density at radius 1 is 1.19 bits per heavy atom. The van der Waals surface area contributed by atoms with Crippen molar-refractivity contribution in [2.75, 3.05) is 26.2 Å². The van der Waals surface area contributed by atoms with E-state index in [0.717, 1.165) is 55.3 Å². The molecular formula is C19H25ClN4OS. The monoisotopic (exact) mass is 392 g/mol. The van der Waals surface area contributed by atoms with Crippen molar-refractivity contribution in [2.24, 2.45) is 5.41 Å². The summed E-state index contributed by atoms with van der Waals surface area (Å²) in [5.74, 6) is 0.314. The minimum atomic E-state index is 0. The van der Waals surface area contributed by atoms with E-state index >= 15 is 0 Å². The van der Waals surface area contributed by atoms with E-state index in [1.807, 2.05) is 12.1 Å². The lowest BCUT2D eigenvalue weighted by atomic mass is 9.72. The molecule has 2 saturated heterocycles. The summed E-state index contributed by atoms with van der Waals surface area (Å²) in [5, 5.41) is 6.58. The van der Waals surface area contributed by atoms with Crippen LogP contribution in [-0.4, -0.2) is 47.0 Å². The second kappa shape index (κ2) is 8.46. The second-order valence-corrected chi connectivity index (χ2v) is 8.05. The number of halogens is 1. The molecule has 1 spiro atoms. The van der Waals surface area contributed by atoms with Crippen molar-refractivity contribution in [1.82, 2.24) is 20.2 Å². The van der Waals surface area contributed by atoms with Gasteiger partial charge in [-0.15, -0.1) is 23.7 Å². The Hall–Kier alpha value is -1.50. The smallest absolute Gasteiger partial charge is 0.222 e. The van der Waals surface area contributed by atoms with Crippen molar-refractivity contribution in [1.29, 1.82) is 0 Å². The van der Waals surface area contributed by atoms with Crippen molar-refractivity contribution in [3.63, 3.8) is 0 Å². The number of nitrogens with one attached hydrogen (secondary N) is 1. The summed E-state index contributed by atoms with van der Waals surface area (Å²) in [4.78, 5) is 23.2. The molecule has 2 aliphatic rings. The van der Waals surface area contributed by atoms with Crippen molar-refractivity contribution < 1.29 is 4.79 Å². The van der Waals surface area contributed by atoms with Gasteiger partial charge in [0, 0.05) is 49.3 Å². The predicted octanol–water partition coefficient (Wildman–Crippen LogP) is 3.16. The summed E-state index contributed by atoms with van der Waals surface area (Å²) in [6, 6.07) is 3.97. The molecular weight excluding hydrogens is 368 g/mol. The van der Waals surface area contributed by atoms with Crippen LogP contribution < -0.4 is 5.32 Å². The lowest BCUT2D eigenvalue weighted by Gasteiger charge is -2.45. The second-order valence-electron chi connectivity index (χ2n) is 7.20. The number of thiazole rings is 1. The molecule has 4 rings (SSSR count). The minimum Gasteiger partial charge on any atom is -0.342 e. The topological polar surface area (TPSA) is 58.1 Å². The number of amides is 1. The molecule has 2 aliphatic heterocycles. The first-order valence-corrected chi connectivity index (χ1v) is 9.95. The highest BCUT2D eigenvalue weighted by atomic mass is 35.5. The predicted molar refractivity (Wildman–Crippen MR) is 107 cm³/mol.